The molecule has 0 unspecified atom stereocenters. The second-order valence-electron chi connectivity index (χ2n) is 12.0. The van der Waals surface area contributed by atoms with Crippen LogP contribution >= 0.6 is 11.3 Å². The Bertz CT molecular complexity index is 2320. The topological polar surface area (TPSA) is 0 Å². The van der Waals surface area contributed by atoms with Gasteiger partial charge in [-0.15, -0.1) is 11.3 Å². The van der Waals surface area contributed by atoms with Crippen molar-refractivity contribution in [2.45, 2.75) is 19.3 Å². The van der Waals surface area contributed by atoms with Crippen molar-refractivity contribution in [2.75, 3.05) is 0 Å². The maximum absolute atomic E-state index is 2.40. The maximum Gasteiger partial charge on any atom is 0.0399 e. The van der Waals surface area contributed by atoms with E-state index in [9.17, 15) is 0 Å². The van der Waals surface area contributed by atoms with Gasteiger partial charge in [-0.25, -0.2) is 0 Å². The van der Waals surface area contributed by atoms with E-state index < -0.39 is 0 Å². The first-order chi connectivity index (χ1) is 20.6. The summed E-state index contributed by atoms with van der Waals surface area (Å²) in [5.41, 5.74) is 9.52. The Morgan fingerprint density at radius 2 is 0.952 bits per heavy atom. The van der Waals surface area contributed by atoms with E-state index in [1.807, 2.05) is 11.3 Å². The van der Waals surface area contributed by atoms with Crippen LogP contribution in [0.1, 0.15) is 25.0 Å². The summed E-state index contributed by atoms with van der Waals surface area (Å²) in [5, 5.41) is 9.18. The van der Waals surface area contributed by atoms with Crippen molar-refractivity contribution in [3.05, 3.63) is 145 Å². The average molecular weight is 553 g/mol. The van der Waals surface area contributed by atoms with Crippen LogP contribution in [0.4, 0.5) is 0 Å². The normalized spacial score (nSPS) is 13.7. The number of hydrogen-bond acceptors (Lipinski definition) is 1. The first-order valence-corrected chi connectivity index (χ1v) is 15.5. The molecule has 0 bridgehead atoms. The second-order valence-corrected chi connectivity index (χ2v) is 13.1. The van der Waals surface area contributed by atoms with Crippen LogP contribution in [0.15, 0.2) is 133 Å². The molecule has 0 aliphatic heterocycles. The van der Waals surface area contributed by atoms with E-state index in [0.717, 1.165) is 0 Å². The van der Waals surface area contributed by atoms with E-state index in [0.29, 0.717) is 0 Å². The Hall–Kier alpha value is -4.72. The Labute approximate surface area is 249 Å². The van der Waals surface area contributed by atoms with Gasteiger partial charge in [0.15, 0.2) is 0 Å². The largest absolute Gasteiger partial charge is 0.135 e. The van der Waals surface area contributed by atoms with Crippen molar-refractivity contribution >= 4 is 53.7 Å². The highest BCUT2D eigenvalue weighted by Gasteiger charge is 2.39. The van der Waals surface area contributed by atoms with Crippen LogP contribution in [0.5, 0.6) is 0 Å². The van der Waals surface area contributed by atoms with Crippen LogP contribution in [0.25, 0.3) is 75.1 Å². The van der Waals surface area contributed by atoms with Crippen LogP contribution in [0.3, 0.4) is 0 Å². The molecule has 1 aromatic heterocycles. The fourth-order valence-corrected chi connectivity index (χ4v) is 9.08. The zero-order valence-corrected chi connectivity index (χ0v) is 24.4. The lowest BCUT2D eigenvalue weighted by atomic mass is 9.79. The molecule has 1 heteroatoms. The quantitative estimate of drug-likeness (QED) is 0.187. The van der Waals surface area contributed by atoms with E-state index in [4.69, 9.17) is 0 Å². The van der Waals surface area contributed by atoms with Gasteiger partial charge in [0.2, 0.25) is 0 Å². The van der Waals surface area contributed by atoms with E-state index in [1.54, 1.807) is 0 Å². The summed E-state index contributed by atoms with van der Waals surface area (Å²) in [4.78, 5) is 1.43. The van der Waals surface area contributed by atoms with Gasteiger partial charge in [-0.2, -0.15) is 0 Å². The van der Waals surface area contributed by atoms with Gasteiger partial charge in [-0.05, 0) is 77.3 Å². The summed E-state index contributed by atoms with van der Waals surface area (Å²) in [6.07, 6.45) is 0. The lowest BCUT2D eigenvalue weighted by molar-refractivity contribution is 0.667. The predicted octanol–water partition coefficient (Wildman–Crippen LogP) is 12.0. The van der Waals surface area contributed by atoms with Gasteiger partial charge in [0.25, 0.3) is 0 Å². The van der Waals surface area contributed by atoms with Crippen molar-refractivity contribution < 1.29 is 0 Å². The lowest BCUT2D eigenvalue weighted by Crippen LogP contribution is -2.15. The minimum Gasteiger partial charge on any atom is -0.135 e. The summed E-state index contributed by atoms with van der Waals surface area (Å²) in [6.45, 7) is 4.81. The number of hydrogen-bond donors (Lipinski definition) is 0. The van der Waals surface area contributed by atoms with E-state index >= 15 is 0 Å². The molecule has 7 aromatic carbocycles. The van der Waals surface area contributed by atoms with Gasteiger partial charge in [0, 0.05) is 20.4 Å². The molecule has 0 saturated heterocycles. The van der Waals surface area contributed by atoms with Gasteiger partial charge in [-0.1, -0.05) is 141 Å². The van der Waals surface area contributed by atoms with Crippen molar-refractivity contribution in [1.29, 1.82) is 0 Å². The molecule has 42 heavy (non-hydrogen) atoms. The first-order valence-electron chi connectivity index (χ1n) is 14.7. The Kier molecular flexibility index (Phi) is 4.93. The molecule has 198 valence electrons. The standard InChI is InChI=1S/C41H28S/c1-41(2)34-23-10-9-20-32(34)40-39(41)38-33(22-12-24-35(38)42-40)37-30-18-7-5-16-28(30)36(29-17-6-8-19-31(29)37)27-21-11-14-25-13-3-4-15-26(25)27/h3-24H,1-2H3. The van der Waals surface area contributed by atoms with E-state index in [2.05, 4.69) is 147 Å². The third-order valence-corrected chi connectivity index (χ3v) is 10.6. The summed E-state index contributed by atoms with van der Waals surface area (Å²) in [7, 11) is 0. The molecule has 1 aliphatic carbocycles. The molecule has 0 nitrogen and oxygen atoms in total. The monoisotopic (exact) mass is 552 g/mol. The molecule has 9 rings (SSSR count). The summed E-state index contributed by atoms with van der Waals surface area (Å²) < 4.78 is 1.37. The third-order valence-electron chi connectivity index (χ3n) is 9.45. The van der Waals surface area contributed by atoms with Gasteiger partial charge < -0.3 is 0 Å². The Morgan fingerprint density at radius 1 is 0.452 bits per heavy atom. The van der Waals surface area contributed by atoms with Gasteiger partial charge in [-0.3, -0.25) is 0 Å². The van der Waals surface area contributed by atoms with Crippen LogP contribution in [-0.2, 0) is 5.41 Å². The third kappa shape index (κ3) is 3.12. The van der Waals surface area contributed by atoms with Gasteiger partial charge in [0.1, 0.15) is 0 Å². The molecular weight excluding hydrogens is 525 g/mol. The highest BCUT2D eigenvalue weighted by molar-refractivity contribution is 7.22. The number of fused-ring (bicyclic) bond motifs is 8. The van der Waals surface area contributed by atoms with E-state index in [1.165, 1.54) is 86.2 Å². The van der Waals surface area contributed by atoms with Crippen molar-refractivity contribution in [3.63, 3.8) is 0 Å². The minimum atomic E-state index is -0.0607. The second kappa shape index (κ2) is 8.64. The Morgan fingerprint density at radius 3 is 1.67 bits per heavy atom. The summed E-state index contributed by atoms with van der Waals surface area (Å²) in [6, 6.07) is 49.5. The summed E-state index contributed by atoms with van der Waals surface area (Å²) >= 11 is 1.95. The molecule has 0 radical (unpaired) electrons. The fourth-order valence-electron chi connectivity index (χ4n) is 7.66. The molecule has 0 atom stereocenters. The van der Waals surface area contributed by atoms with Crippen molar-refractivity contribution in [1.82, 2.24) is 0 Å². The first kappa shape index (κ1) is 23.9. The van der Waals surface area contributed by atoms with Gasteiger partial charge >= 0.3 is 0 Å². The molecule has 0 saturated carbocycles. The predicted molar refractivity (Wildman–Crippen MR) is 183 cm³/mol. The number of thiophene rings is 1. The van der Waals surface area contributed by atoms with Crippen LogP contribution in [-0.4, -0.2) is 0 Å². The zero-order chi connectivity index (χ0) is 28.0. The molecule has 1 heterocycles. The maximum atomic E-state index is 2.40. The molecule has 0 amide bonds. The van der Waals surface area contributed by atoms with E-state index in [-0.39, 0.29) is 5.41 Å². The van der Waals surface area contributed by atoms with Crippen molar-refractivity contribution in [3.8, 4) is 32.7 Å². The Balaban J connectivity index is 1.45. The minimum absolute atomic E-state index is 0.0607. The fraction of sp³-hybridized carbons (Fsp3) is 0.0732. The highest BCUT2D eigenvalue weighted by Crippen LogP contribution is 2.57. The van der Waals surface area contributed by atoms with Crippen LogP contribution < -0.4 is 0 Å². The molecule has 0 N–H and O–H groups in total. The smallest absolute Gasteiger partial charge is 0.0399 e. The van der Waals surface area contributed by atoms with Gasteiger partial charge in [0.05, 0.1) is 0 Å². The van der Waals surface area contributed by atoms with Crippen LogP contribution in [0.2, 0.25) is 0 Å². The number of benzene rings is 7. The highest BCUT2D eigenvalue weighted by atomic mass is 32.1. The average Bonchev–Trinajstić information content (AvgIpc) is 3.53. The molecule has 8 aromatic rings. The molecule has 1 aliphatic rings. The summed E-state index contributed by atoms with van der Waals surface area (Å²) in [5.74, 6) is 0. The zero-order valence-electron chi connectivity index (χ0n) is 23.6. The SMILES string of the molecule is CC1(C)c2ccccc2-c2sc3cccc(-c4c5ccccc5c(-c5cccc6ccccc56)c5ccccc45)c3c21. The molecule has 0 spiro atoms. The van der Waals surface area contributed by atoms with Crippen LogP contribution in [0, 0.1) is 0 Å². The lowest BCUT2D eigenvalue weighted by Gasteiger charge is -2.23. The molecular formula is C41H28S. The number of rotatable bonds is 2. The molecule has 0 fully saturated rings. The van der Waals surface area contributed by atoms with Crippen molar-refractivity contribution in [2.24, 2.45) is 0 Å².